The Morgan fingerprint density at radius 2 is 1.96 bits per heavy atom. The maximum absolute atomic E-state index is 12.7. The van der Waals surface area contributed by atoms with Crippen molar-refractivity contribution in [3.63, 3.8) is 0 Å². The molecular weight excluding hydrogens is 312 g/mol. The summed E-state index contributed by atoms with van der Waals surface area (Å²) in [5.74, 6) is 0.0444. The standard InChI is InChI=1S/C18H24N2O2.ClH/c19-16-11-14(12-17(16)21)18(22)20(15-8-9-15)10-4-7-13-5-2-1-3-6-13;/h1-7,14-17,21H,8-12,19H2;1H/b7-4+;/t14-,16-,17-;/m0./s1. The Labute approximate surface area is 143 Å². The molecule has 0 unspecified atom stereocenters. The van der Waals surface area contributed by atoms with E-state index >= 15 is 0 Å². The first-order valence-corrected chi connectivity index (χ1v) is 8.11. The molecule has 2 aliphatic rings. The Morgan fingerprint density at radius 3 is 2.52 bits per heavy atom. The molecule has 126 valence electrons. The van der Waals surface area contributed by atoms with E-state index in [0.29, 0.717) is 25.4 Å². The highest BCUT2D eigenvalue weighted by atomic mass is 35.5. The van der Waals surface area contributed by atoms with Crippen molar-refractivity contribution in [1.29, 1.82) is 0 Å². The van der Waals surface area contributed by atoms with Gasteiger partial charge in [-0.05, 0) is 31.2 Å². The van der Waals surface area contributed by atoms with Gasteiger partial charge in [0.1, 0.15) is 0 Å². The van der Waals surface area contributed by atoms with Crippen molar-refractivity contribution in [3.05, 3.63) is 42.0 Å². The fourth-order valence-corrected chi connectivity index (χ4v) is 3.16. The van der Waals surface area contributed by atoms with E-state index in [2.05, 4.69) is 12.2 Å². The summed E-state index contributed by atoms with van der Waals surface area (Å²) in [6.07, 6.45) is 6.86. The van der Waals surface area contributed by atoms with Crippen LogP contribution in [0, 0.1) is 5.92 Å². The second-order valence-electron chi connectivity index (χ2n) is 6.43. The van der Waals surface area contributed by atoms with Gasteiger partial charge in [0.25, 0.3) is 0 Å². The third kappa shape index (κ3) is 4.56. The number of benzene rings is 1. The first-order valence-electron chi connectivity index (χ1n) is 8.11. The number of aliphatic hydroxyl groups is 1. The number of halogens is 1. The fourth-order valence-electron chi connectivity index (χ4n) is 3.16. The Balaban J connectivity index is 0.00000192. The number of hydrogen-bond donors (Lipinski definition) is 2. The summed E-state index contributed by atoms with van der Waals surface area (Å²) >= 11 is 0. The number of carbonyl (C=O) groups excluding carboxylic acids is 1. The molecule has 2 fully saturated rings. The summed E-state index contributed by atoms with van der Waals surface area (Å²) in [5, 5.41) is 9.77. The molecule has 0 saturated heterocycles. The lowest BCUT2D eigenvalue weighted by Crippen LogP contribution is -2.37. The van der Waals surface area contributed by atoms with E-state index in [0.717, 1.165) is 18.4 Å². The zero-order chi connectivity index (χ0) is 15.5. The second-order valence-corrected chi connectivity index (χ2v) is 6.43. The Morgan fingerprint density at radius 1 is 1.26 bits per heavy atom. The van der Waals surface area contributed by atoms with Crippen LogP contribution in [-0.2, 0) is 4.79 Å². The molecule has 4 nitrogen and oxygen atoms in total. The molecule has 0 spiro atoms. The topological polar surface area (TPSA) is 66.6 Å². The van der Waals surface area contributed by atoms with Crippen molar-refractivity contribution in [1.82, 2.24) is 4.90 Å². The van der Waals surface area contributed by atoms with Gasteiger partial charge in [0.15, 0.2) is 0 Å². The maximum Gasteiger partial charge on any atom is 0.226 e. The minimum atomic E-state index is -0.533. The molecule has 0 bridgehead atoms. The van der Waals surface area contributed by atoms with Gasteiger partial charge in [0, 0.05) is 24.5 Å². The van der Waals surface area contributed by atoms with Gasteiger partial charge in [-0.25, -0.2) is 0 Å². The van der Waals surface area contributed by atoms with Gasteiger partial charge in [0.2, 0.25) is 5.91 Å². The van der Waals surface area contributed by atoms with Crippen molar-refractivity contribution in [3.8, 4) is 0 Å². The van der Waals surface area contributed by atoms with Crippen LogP contribution >= 0.6 is 12.4 Å². The van der Waals surface area contributed by atoms with Crippen molar-refractivity contribution in [2.45, 2.75) is 43.9 Å². The van der Waals surface area contributed by atoms with Gasteiger partial charge in [-0.15, -0.1) is 12.4 Å². The summed E-state index contributed by atoms with van der Waals surface area (Å²) < 4.78 is 0. The number of hydrogen-bond acceptors (Lipinski definition) is 3. The Kier molecular flexibility index (Phi) is 6.22. The second kappa shape index (κ2) is 7.95. The zero-order valence-electron chi connectivity index (χ0n) is 13.2. The van der Waals surface area contributed by atoms with E-state index in [1.165, 1.54) is 0 Å². The van der Waals surface area contributed by atoms with Crippen LogP contribution in [-0.4, -0.2) is 40.6 Å². The third-order valence-corrected chi connectivity index (χ3v) is 4.61. The van der Waals surface area contributed by atoms with Gasteiger partial charge in [-0.2, -0.15) is 0 Å². The third-order valence-electron chi connectivity index (χ3n) is 4.61. The van der Waals surface area contributed by atoms with E-state index in [9.17, 15) is 9.90 Å². The van der Waals surface area contributed by atoms with Crippen LogP contribution in [0.2, 0.25) is 0 Å². The largest absolute Gasteiger partial charge is 0.391 e. The maximum atomic E-state index is 12.7. The van der Waals surface area contributed by atoms with E-state index < -0.39 is 6.10 Å². The number of nitrogens with two attached hydrogens (primary N) is 1. The highest BCUT2D eigenvalue weighted by Crippen LogP contribution is 2.32. The predicted octanol–water partition coefficient (Wildman–Crippen LogP) is 2.21. The smallest absolute Gasteiger partial charge is 0.226 e. The zero-order valence-corrected chi connectivity index (χ0v) is 14.0. The van der Waals surface area contributed by atoms with Gasteiger partial charge in [-0.3, -0.25) is 4.79 Å². The van der Waals surface area contributed by atoms with Crippen LogP contribution in [0.4, 0.5) is 0 Å². The number of carbonyl (C=O) groups is 1. The van der Waals surface area contributed by atoms with E-state index in [1.54, 1.807) is 0 Å². The fraction of sp³-hybridized carbons (Fsp3) is 0.500. The minimum Gasteiger partial charge on any atom is -0.391 e. The lowest BCUT2D eigenvalue weighted by molar-refractivity contribution is -0.135. The average molecular weight is 337 g/mol. The van der Waals surface area contributed by atoms with E-state index in [-0.39, 0.29) is 30.3 Å². The minimum absolute atomic E-state index is 0. The highest BCUT2D eigenvalue weighted by molar-refractivity contribution is 5.85. The molecule has 1 aromatic carbocycles. The molecule has 0 aromatic heterocycles. The van der Waals surface area contributed by atoms with E-state index in [4.69, 9.17) is 5.73 Å². The molecule has 0 aliphatic heterocycles. The molecule has 3 N–H and O–H groups in total. The first kappa shape index (κ1) is 18.0. The molecule has 3 atom stereocenters. The summed E-state index contributed by atoms with van der Waals surface area (Å²) in [7, 11) is 0. The van der Waals surface area contributed by atoms with Crippen LogP contribution in [0.15, 0.2) is 36.4 Å². The number of rotatable bonds is 5. The molecule has 2 saturated carbocycles. The quantitative estimate of drug-likeness (QED) is 0.866. The Bertz CT molecular complexity index is 535. The van der Waals surface area contributed by atoms with Gasteiger partial charge < -0.3 is 15.7 Å². The first-order chi connectivity index (χ1) is 10.6. The van der Waals surface area contributed by atoms with Gasteiger partial charge in [-0.1, -0.05) is 42.5 Å². The summed E-state index contributed by atoms with van der Waals surface area (Å²) in [6, 6.07) is 10.2. The molecule has 23 heavy (non-hydrogen) atoms. The van der Waals surface area contributed by atoms with Crippen LogP contribution in [0.25, 0.3) is 6.08 Å². The van der Waals surface area contributed by atoms with Gasteiger partial charge in [0.05, 0.1) is 6.10 Å². The normalized spacial score (nSPS) is 27.0. The summed E-state index contributed by atoms with van der Waals surface area (Å²) in [6.45, 7) is 0.639. The number of aliphatic hydroxyl groups excluding tert-OH is 1. The SMILES string of the molecule is Cl.N[C@H]1C[C@H](C(=O)N(C/C=C/c2ccccc2)C2CC2)C[C@@H]1O. The summed E-state index contributed by atoms with van der Waals surface area (Å²) in [5.41, 5.74) is 6.98. The Hall–Kier alpha value is -1.36. The van der Waals surface area contributed by atoms with Crippen LogP contribution in [0.5, 0.6) is 0 Å². The molecule has 2 aliphatic carbocycles. The average Bonchev–Trinajstić information content (AvgIpc) is 3.30. The lowest BCUT2D eigenvalue weighted by Gasteiger charge is -2.24. The van der Waals surface area contributed by atoms with Crippen molar-refractivity contribution in [2.75, 3.05) is 6.54 Å². The molecule has 3 rings (SSSR count). The van der Waals surface area contributed by atoms with Crippen LogP contribution in [0.3, 0.4) is 0 Å². The molecule has 0 heterocycles. The molecule has 0 radical (unpaired) electrons. The van der Waals surface area contributed by atoms with Crippen molar-refractivity contribution in [2.24, 2.45) is 11.7 Å². The van der Waals surface area contributed by atoms with Crippen LogP contribution in [0.1, 0.15) is 31.2 Å². The van der Waals surface area contributed by atoms with Crippen molar-refractivity contribution < 1.29 is 9.90 Å². The van der Waals surface area contributed by atoms with E-state index in [1.807, 2.05) is 35.2 Å². The van der Waals surface area contributed by atoms with Gasteiger partial charge >= 0.3 is 0 Å². The molecule has 1 amide bonds. The molecule has 5 heteroatoms. The van der Waals surface area contributed by atoms with Crippen LogP contribution < -0.4 is 5.73 Å². The molecular formula is C18H25ClN2O2. The summed E-state index contributed by atoms with van der Waals surface area (Å²) in [4.78, 5) is 14.7. The number of amides is 1. The number of nitrogens with zero attached hydrogens (tertiary/aromatic N) is 1. The molecule has 1 aromatic rings. The lowest BCUT2D eigenvalue weighted by atomic mass is 10.1. The highest BCUT2D eigenvalue weighted by Gasteiger charge is 2.40. The van der Waals surface area contributed by atoms with Crippen molar-refractivity contribution >= 4 is 24.4 Å². The monoisotopic (exact) mass is 336 g/mol. The predicted molar refractivity (Wildman–Crippen MR) is 94.2 cm³/mol.